The molecule has 2 rings (SSSR count). The second kappa shape index (κ2) is 6.04. The summed E-state index contributed by atoms with van der Waals surface area (Å²) >= 11 is 0. The van der Waals surface area contributed by atoms with Crippen molar-refractivity contribution in [3.63, 3.8) is 0 Å². The summed E-state index contributed by atoms with van der Waals surface area (Å²) in [4.78, 5) is 14.1. The van der Waals surface area contributed by atoms with E-state index >= 15 is 0 Å². The molecule has 19 heavy (non-hydrogen) atoms. The van der Waals surface area contributed by atoms with Gasteiger partial charge in [0, 0.05) is 6.54 Å². The maximum absolute atomic E-state index is 12.3. The zero-order valence-corrected chi connectivity index (χ0v) is 11.1. The van der Waals surface area contributed by atoms with Gasteiger partial charge in [0.05, 0.1) is 25.3 Å². The number of ether oxygens (including phenoxy) is 1. The Kier molecular flexibility index (Phi) is 4.39. The van der Waals surface area contributed by atoms with Gasteiger partial charge in [0.25, 0.3) is 0 Å². The molecule has 104 valence electrons. The van der Waals surface area contributed by atoms with Crippen LogP contribution in [-0.4, -0.2) is 47.8 Å². The minimum Gasteiger partial charge on any atom is -0.508 e. The van der Waals surface area contributed by atoms with E-state index in [0.29, 0.717) is 26.2 Å². The molecule has 1 saturated heterocycles. The van der Waals surface area contributed by atoms with Gasteiger partial charge in [-0.25, -0.2) is 0 Å². The highest BCUT2D eigenvalue weighted by Crippen LogP contribution is 2.13. The average molecular weight is 264 g/mol. The number of nitrogens with two attached hydrogens (primary N) is 1. The van der Waals surface area contributed by atoms with E-state index in [9.17, 15) is 9.90 Å². The highest BCUT2D eigenvalue weighted by molar-refractivity contribution is 5.82. The number of phenols is 1. The molecule has 1 aliphatic rings. The third kappa shape index (κ3) is 3.45. The smallest absolute Gasteiger partial charge is 0.240 e. The van der Waals surface area contributed by atoms with Crippen molar-refractivity contribution in [1.82, 2.24) is 4.90 Å². The van der Waals surface area contributed by atoms with Gasteiger partial charge in [-0.05, 0) is 31.0 Å². The molecule has 0 aromatic heterocycles. The monoisotopic (exact) mass is 264 g/mol. The van der Waals surface area contributed by atoms with Gasteiger partial charge in [0.2, 0.25) is 5.91 Å². The maximum atomic E-state index is 12.3. The Morgan fingerprint density at radius 3 is 2.84 bits per heavy atom. The van der Waals surface area contributed by atoms with Gasteiger partial charge in [-0.2, -0.15) is 0 Å². The standard InChI is InChI=1S/C14H20N2O3/c1-10-9-19-7-6-16(10)14(18)13(15)8-11-2-4-12(17)5-3-11/h2-5,10,13,17H,6-9,15H2,1H3/t10-,13-/m1/s1. The number of amides is 1. The van der Waals surface area contributed by atoms with Gasteiger partial charge in [0.1, 0.15) is 5.75 Å². The number of hydrogen-bond donors (Lipinski definition) is 2. The van der Waals surface area contributed by atoms with Gasteiger partial charge in [-0.15, -0.1) is 0 Å². The number of rotatable bonds is 3. The van der Waals surface area contributed by atoms with Crippen LogP contribution in [0.3, 0.4) is 0 Å². The summed E-state index contributed by atoms with van der Waals surface area (Å²) in [5, 5.41) is 9.22. The molecule has 0 bridgehead atoms. The predicted octanol–water partition coefficient (Wildman–Crippen LogP) is 0.509. The number of phenolic OH excluding ortho intramolecular Hbond substituents is 1. The van der Waals surface area contributed by atoms with Gasteiger partial charge >= 0.3 is 0 Å². The first-order chi connectivity index (χ1) is 9.08. The van der Waals surface area contributed by atoms with Crippen LogP contribution in [0.5, 0.6) is 5.75 Å². The number of carbonyl (C=O) groups excluding carboxylic acids is 1. The van der Waals surface area contributed by atoms with Crippen LogP contribution < -0.4 is 5.73 Å². The minimum absolute atomic E-state index is 0.0381. The molecule has 0 spiro atoms. The number of aromatic hydroxyl groups is 1. The van der Waals surface area contributed by atoms with E-state index in [1.54, 1.807) is 29.2 Å². The third-order valence-corrected chi connectivity index (χ3v) is 3.36. The molecule has 1 heterocycles. The second-order valence-electron chi connectivity index (χ2n) is 4.93. The Bertz CT molecular complexity index is 433. The molecule has 5 nitrogen and oxygen atoms in total. The lowest BCUT2D eigenvalue weighted by Gasteiger charge is -2.35. The predicted molar refractivity (Wildman–Crippen MR) is 71.8 cm³/mol. The first kappa shape index (κ1) is 13.8. The van der Waals surface area contributed by atoms with Crippen LogP contribution in [0.1, 0.15) is 12.5 Å². The topological polar surface area (TPSA) is 75.8 Å². The number of nitrogens with zero attached hydrogens (tertiary/aromatic N) is 1. The Balaban J connectivity index is 1.96. The van der Waals surface area contributed by atoms with Crippen LogP contribution in [-0.2, 0) is 16.0 Å². The molecule has 3 N–H and O–H groups in total. The summed E-state index contributed by atoms with van der Waals surface area (Å²) in [5.41, 5.74) is 6.93. The molecule has 0 saturated carbocycles. The number of morpholine rings is 1. The van der Waals surface area contributed by atoms with Crippen LogP contribution in [0.15, 0.2) is 24.3 Å². The summed E-state index contributed by atoms with van der Waals surface area (Å²) in [7, 11) is 0. The molecule has 1 fully saturated rings. The molecule has 1 aliphatic heterocycles. The average Bonchev–Trinajstić information content (AvgIpc) is 2.41. The number of hydrogen-bond acceptors (Lipinski definition) is 4. The first-order valence-corrected chi connectivity index (χ1v) is 6.49. The molecule has 1 aromatic rings. The summed E-state index contributed by atoms with van der Waals surface area (Å²) in [6, 6.07) is 6.29. The third-order valence-electron chi connectivity index (χ3n) is 3.36. The molecule has 0 unspecified atom stereocenters. The SMILES string of the molecule is C[C@@H]1COCCN1C(=O)[C@H](N)Cc1ccc(O)cc1. The van der Waals surface area contributed by atoms with Crippen LogP contribution in [0.4, 0.5) is 0 Å². The first-order valence-electron chi connectivity index (χ1n) is 6.49. The quantitative estimate of drug-likeness (QED) is 0.834. The van der Waals surface area contributed by atoms with Crippen molar-refractivity contribution in [2.75, 3.05) is 19.8 Å². The second-order valence-corrected chi connectivity index (χ2v) is 4.93. The molecular weight excluding hydrogens is 244 g/mol. The van der Waals surface area contributed by atoms with Crippen molar-refractivity contribution in [2.45, 2.75) is 25.4 Å². The van der Waals surface area contributed by atoms with Gasteiger partial charge in [-0.1, -0.05) is 12.1 Å². The molecule has 0 radical (unpaired) electrons. The summed E-state index contributed by atoms with van der Waals surface area (Å²) < 4.78 is 5.31. The molecule has 0 aliphatic carbocycles. The van der Waals surface area contributed by atoms with E-state index in [1.807, 2.05) is 6.92 Å². The molecule has 2 atom stereocenters. The van der Waals surface area contributed by atoms with Crippen molar-refractivity contribution in [2.24, 2.45) is 5.73 Å². The van der Waals surface area contributed by atoms with E-state index < -0.39 is 6.04 Å². The summed E-state index contributed by atoms with van der Waals surface area (Å²) in [6.45, 7) is 3.70. The van der Waals surface area contributed by atoms with Gasteiger partial charge in [-0.3, -0.25) is 4.79 Å². The maximum Gasteiger partial charge on any atom is 0.240 e. The Morgan fingerprint density at radius 2 is 2.21 bits per heavy atom. The van der Waals surface area contributed by atoms with E-state index in [2.05, 4.69) is 0 Å². The zero-order valence-electron chi connectivity index (χ0n) is 11.1. The van der Waals surface area contributed by atoms with Crippen molar-refractivity contribution >= 4 is 5.91 Å². The Labute approximate surface area is 113 Å². The van der Waals surface area contributed by atoms with E-state index in [-0.39, 0.29) is 17.7 Å². The van der Waals surface area contributed by atoms with E-state index in [1.165, 1.54) is 0 Å². The summed E-state index contributed by atoms with van der Waals surface area (Å²) in [5.74, 6) is 0.175. The fourth-order valence-electron chi connectivity index (χ4n) is 2.24. The van der Waals surface area contributed by atoms with E-state index in [0.717, 1.165) is 5.56 Å². The fraction of sp³-hybridized carbons (Fsp3) is 0.500. The molecule has 5 heteroatoms. The molecule has 1 amide bonds. The zero-order chi connectivity index (χ0) is 13.8. The lowest BCUT2D eigenvalue weighted by molar-refractivity contribution is -0.140. The largest absolute Gasteiger partial charge is 0.508 e. The van der Waals surface area contributed by atoms with Crippen LogP contribution in [0, 0.1) is 0 Å². The highest BCUT2D eigenvalue weighted by Gasteiger charge is 2.27. The summed E-state index contributed by atoms with van der Waals surface area (Å²) in [6.07, 6.45) is 0.475. The van der Waals surface area contributed by atoms with Gasteiger partial charge < -0.3 is 20.5 Å². The van der Waals surface area contributed by atoms with Crippen LogP contribution in [0.25, 0.3) is 0 Å². The molecular formula is C14H20N2O3. The Hall–Kier alpha value is -1.59. The van der Waals surface area contributed by atoms with Crippen molar-refractivity contribution in [3.8, 4) is 5.75 Å². The molecule has 1 aromatic carbocycles. The number of benzene rings is 1. The van der Waals surface area contributed by atoms with Crippen molar-refractivity contribution in [1.29, 1.82) is 0 Å². The van der Waals surface area contributed by atoms with Crippen molar-refractivity contribution in [3.05, 3.63) is 29.8 Å². The van der Waals surface area contributed by atoms with Gasteiger partial charge in [0.15, 0.2) is 0 Å². The Morgan fingerprint density at radius 1 is 1.53 bits per heavy atom. The van der Waals surface area contributed by atoms with Crippen LogP contribution >= 0.6 is 0 Å². The normalized spacial score (nSPS) is 21.2. The number of carbonyl (C=O) groups is 1. The fourth-order valence-corrected chi connectivity index (χ4v) is 2.24. The minimum atomic E-state index is -0.551. The lowest BCUT2D eigenvalue weighted by Crippen LogP contribution is -2.53. The van der Waals surface area contributed by atoms with Crippen molar-refractivity contribution < 1.29 is 14.6 Å². The lowest BCUT2D eigenvalue weighted by atomic mass is 10.0. The highest BCUT2D eigenvalue weighted by atomic mass is 16.5. The van der Waals surface area contributed by atoms with Crippen LogP contribution in [0.2, 0.25) is 0 Å². The van der Waals surface area contributed by atoms with E-state index in [4.69, 9.17) is 10.5 Å².